The molecule has 2 aromatic carbocycles. The Kier molecular flexibility index (Phi) is 5.03. The molecule has 1 atom stereocenters. The van der Waals surface area contributed by atoms with E-state index in [1.165, 1.54) is 0 Å². The fourth-order valence-electron chi connectivity index (χ4n) is 3.35. The van der Waals surface area contributed by atoms with Gasteiger partial charge in [0.05, 0.1) is 30.5 Å². The fraction of sp³-hybridized carbons (Fsp3) is 0.273. The third-order valence-electron chi connectivity index (χ3n) is 4.92. The lowest BCUT2D eigenvalue weighted by Gasteiger charge is -2.13. The molecule has 1 saturated heterocycles. The van der Waals surface area contributed by atoms with Crippen molar-refractivity contribution in [2.45, 2.75) is 6.42 Å². The van der Waals surface area contributed by atoms with Crippen LogP contribution in [-0.4, -0.2) is 37.8 Å². The largest absolute Gasteiger partial charge is 0.497 e. The third kappa shape index (κ3) is 3.78. The quantitative estimate of drug-likeness (QED) is 0.752. The lowest BCUT2D eigenvalue weighted by molar-refractivity contribution is 0.0946. The number of nitrogens with zero attached hydrogens (tertiary/aromatic N) is 1. The van der Waals surface area contributed by atoms with E-state index in [0.29, 0.717) is 24.6 Å². The number of hydrogen-bond donors (Lipinski definition) is 1. The Bertz CT molecular complexity index is 947. The molecule has 1 aromatic heterocycles. The van der Waals surface area contributed by atoms with Gasteiger partial charge in [0.1, 0.15) is 5.75 Å². The molecule has 0 saturated carbocycles. The van der Waals surface area contributed by atoms with Gasteiger partial charge in [-0.3, -0.25) is 4.79 Å². The van der Waals surface area contributed by atoms with E-state index >= 15 is 0 Å². The minimum Gasteiger partial charge on any atom is -0.497 e. The predicted octanol–water partition coefficient (Wildman–Crippen LogP) is 3.68. The highest BCUT2D eigenvalue weighted by Crippen LogP contribution is 2.26. The molecular formula is C22H22N2O3. The molecule has 1 N–H and O–H groups in total. The van der Waals surface area contributed by atoms with Crippen molar-refractivity contribution < 1.29 is 14.3 Å². The van der Waals surface area contributed by atoms with Gasteiger partial charge in [0.15, 0.2) is 0 Å². The molecule has 1 aliphatic rings. The highest BCUT2D eigenvalue weighted by molar-refractivity contribution is 6.07. The summed E-state index contributed by atoms with van der Waals surface area (Å²) < 4.78 is 10.6. The Morgan fingerprint density at radius 2 is 2.04 bits per heavy atom. The lowest BCUT2D eigenvalue weighted by Crippen LogP contribution is -2.29. The van der Waals surface area contributed by atoms with Gasteiger partial charge in [0, 0.05) is 30.0 Å². The van der Waals surface area contributed by atoms with Crippen molar-refractivity contribution in [3.05, 3.63) is 60.2 Å². The summed E-state index contributed by atoms with van der Waals surface area (Å²) in [6.07, 6.45) is 0.995. The molecule has 0 bridgehead atoms. The van der Waals surface area contributed by atoms with E-state index in [1.54, 1.807) is 7.11 Å². The maximum Gasteiger partial charge on any atom is 0.252 e. The number of hydrogen-bond acceptors (Lipinski definition) is 4. The first-order chi connectivity index (χ1) is 13.2. The fourth-order valence-corrected chi connectivity index (χ4v) is 3.35. The number of methoxy groups -OCH3 is 1. The normalized spacial score (nSPS) is 16.4. The molecule has 5 heteroatoms. The molecule has 4 rings (SSSR count). The highest BCUT2D eigenvalue weighted by Gasteiger charge is 2.18. The number of ether oxygens (including phenoxy) is 2. The number of benzene rings is 2. The van der Waals surface area contributed by atoms with Gasteiger partial charge in [0.2, 0.25) is 0 Å². The molecule has 0 radical (unpaired) electrons. The average Bonchev–Trinajstić information content (AvgIpc) is 3.25. The van der Waals surface area contributed by atoms with E-state index in [0.717, 1.165) is 40.9 Å². The van der Waals surface area contributed by atoms with Crippen molar-refractivity contribution in [2.75, 3.05) is 26.9 Å². The summed E-state index contributed by atoms with van der Waals surface area (Å²) in [6, 6.07) is 17.3. The Hall–Kier alpha value is -2.92. The van der Waals surface area contributed by atoms with Gasteiger partial charge in [-0.05, 0) is 42.8 Å². The first-order valence-electron chi connectivity index (χ1n) is 9.15. The zero-order chi connectivity index (χ0) is 18.6. The van der Waals surface area contributed by atoms with E-state index in [-0.39, 0.29) is 5.91 Å². The van der Waals surface area contributed by atoms with Crippen LogP contribution in [0.25, 0.3) is 22.2 Å². The molecule has 138 valence electrons. The Labute approximate surface area is 158 Å². The molecule has 27 heavy (non-hydrogen) atoms. The third-order valence-corrected chi connectivity index (χ3v) is 4.92. The van der Waals surface area contributed by atoms with Crippen molar-refractivity contribution in [2.24, 2.45) is 5.92 Å². The van der Waals surface area contributed by atoms with Gasteiger partial charge in [-0.2, -0.15) is 0 Å². The van der Waals surface area contributed by atoms with E-state index in [1.807, 2.05) is 54.6 Å². The average molecular weight is 362 g/mol. The predicted molar refractivity (Wildman–Crippen MR) is 105 cm³/mol. The molecule has 0 unspecified atom stereocenters. The molecular weight excluding hydrogens is 340 g/mol. The number of fused-ring (bicyclic) bond motifs is 1. The molecule has 0 aliphatic carbocycles. The Balaban J connectivity index is 1.68. The van der Waals surface area contributed by atoms with Crippen LogP contribution in [0.3, 0.4) is 0 Å². The number of carbonyl (C=O) groups is 1. The topological polar surface area (TPSA) is 60.5 Å². The summed E-state index contributed by atoms with van der Waals surface area (Å²) in [6.45, 7) is 2.13. The molecule has 1 fully saturated rings. The van der Waals surface area contributed by atoms with Crippen molar-refractivity contribution >= 4 is 16.8 Å². The second-order valence-electron chi connectivity index (χ2n) is 6.74. The van der Waals surface area contributed by atoms with E-state index in [4.69, 9.17) is 14.5 Å². The number of aromatic nitrogens is 1. The van der Waals surface area contributed by atoms with Crippen LogP contribution in [0, 0.1) is 5.92 Å². The summed E-state index contributed by atoms with van der Waals surface area (Å²) >= 11 is 0. The second kappa shape index (κ2) is 7.76. The van der Waals surface area contributed by atoms with Gasteiger partial charge >= 0.3 is 0 Å². The van der Waals surface area contributed by atoms with E-state index < -0.39 is 0 Å². The van der Waals surface area contributed by atoms with Crippen LogP contribution in [0.1, 0.15) is 16.8 Å². The van der Waals surface area contributed by atoms with Gasteiger partial charge in [-0.15, -0.1) is 0 Å². The van der Waals surface area contributed by atoms with Crippen molar-refractivity contribution in [3.8, 4) is 17.0 Å². The Morgan fingerprint density at radius 1 is 1.22 bits per heavy atom. The van der Waals surface area contributed by atoms with Gasteiger partial charge in [-0.1, -0.05) is 18.2 Å². The van der Waals surface area contributed by atoms with Crippen molar-refractivity contribution in [1.82, 2.24) is 10.3 Å². The number of pyridine rings is 1. The van der Waals surface area contributed by atoms with E-state index in [2.05, 4.69) is 5.32 Å². The number of para-hydroxylation sites is 1. The monoisotopic (exact) mass is 362 g/mol. The van der Waals surface area contributed by atoms with Crippen molar-refractivity contribution in [1.29, 1.82) is 0 Å². The first-order valence-corrected chi connectivity index (χ1v) is 9.15. The highest BCUT2D eigenvalue weighted by atomic mass is 16.5. The molecule has 1 amide bonds. The summed E-state index contributed by atoms with van der Waals surface area (Å²) in [5, 5.41) is 3.92. The van der Waals surface area contributed by atoms with Crippen LogP contribution in [0.2, 0.25) is 0 Å². The molecule has 0 spiro atoms. The van der Waals surface area contributed by atoms with E-state index in [9.17, 15) is 4.79 Å². The van der Waals surface area contributed by atoms with Crippen LogP contribution >= 0.6 is 0 Å². The van der Waals surface area contributed by atoms with Gasteiger partial charge < -0.3 is 14.8 Å². The summed E-state index contributed by atoms with van der Waals surface area (Å²) in [5.41, 5.74) is 3.16. The lowest BCUT2D eigenvalue weighted by atomic mass is 10.0. The van der Waals surface area contributed by atoms with Crippen LogP contribution in [-0.2, 0) is 4.74 Å². The Morgan fingerprint density at radius 3 is 2.78 bits per heavy atom. The first kappa shape index (κ1) is 17.5. The number of carbonyl (C=O) groups excluding carboxylic acids is 1. The smallest absolute Gasteiger partial charge is 0.252 e. The number of nitrogens with one attached hydrogen (secondary N) is 1. The van der Waals surface area contributed by atoms with Gasteiger partial charge in [0.25, 0.3) is 5.91 Å². The maximum absolute atomic E-state index is 12.9. The number of rotatable bonds is 5. The van der Waals surface area contributed by atoms with Crippen LogP contribution < -0.4 is 10.1 Å². The zero-order valence-electron chi connectivity index (χ0n) is 15.3. The standard InChI is InChI=1S/C22H22N2O3/c1-26-17-8-6-16(7-9-17)21-12-19(18-4-2-3-5-20(18)24-21)22(25)23-13-15-10-11-27-14-15/h2-9,12,15H,10-11,13-14H2,1H3,(H,23,25)/t15-/m1/s1. The SMILES string of the molecule is COc1ccc(-c2cc(C(=O)NC[C@H]3CCOC3)c3ccccc3n2)cc1. The molecule has 5 nitrogen and oxygen atoms in total. The van der Waals surface area contributed by atoms with Crippen LogP contribution in [0.15, 0.2) is 54.6 Å². The van der Waals surface area contributed by atoms with Crippen LogP contribution in [0.5, 0.6) is 5.75 Å². The summed E-state index contributed by atoms with van der Waals surface area (Å²) in [4.78, 5) is 17.6. The molecule has 1 aliphatic heterocycles. The maximum atomic E-state index is 12.9. The number of amides is 1. The summed E-state index contributed by atoms with van der Waals surface area (Å²) in [7, 11) is 1.64. The minimum absolute atomic E-state index is 0.0738. The van der Waals surface area contributed by atoms with Crippen molar-refractivity contribution in [3.63, 3.8) is 0 Å². The minimum atomic E-state index is -0.0738. The van der Waals surface area contributed by atoms with Crippen LogP contribution in [0.4, 0.5) is 0 Å². The van der Waals surface area contributed by atoms with Gasteiger partial charge in [-0.25, -0.2) is 4.98 Å². The molecule has 3 aromatic rings. The molecule has 2 heterocycles. The zero-order valence-corrected chi connectivity index (χ0v) is 15.3. The summed E-state index contributed by atoms with van der Waals surface area (Å²) in [5.74, 6) is 1.11. The second-order valence-corrected chi connectivity index (χ2v) is 6.74.